The van der Waals surface area contributed by atoms with E-state index in [-0.39, 0.29) is 12.1 Å². The summed E-state index contributed by atoms with van der Waals surface area (Å²) in [5, 5.41) is 7.69. The molecule has 2 amide bonds. The first-order chi connectivity index (χ1) is 9.70. The van der Waals surface area contributed by atoms with Crippen molar-refractivity contribution in [3.8, 4) is 0 Å². The normalized spacial score (nSPS) is 12.1. The number of urea groups is 1. The molecule has 0 aliphatic heterocycles. The van der Waals surface area contributed by atoms with Crippen LogP contribution in [-0.2, 0) is 11.3 Å². The monoisotopic (exact) mass is 294 g/mol. The molecule has 0 spiro atoms. The molecular weight excluding hydrogens is 276 g/mol. The molecule has 2 N–H and O–H groups in total. The summed E-state index contributed by atoms with van der Waals surface area (Å²) in [6.07, 6.45) is 1.58. The Balaban J connectivity index is 1.87. The number of amides is 2. The Hall–Kier alpha value is -1.79. The zero-order valence-corrected chi connectivity index (χ0v) is 12.3. The molecule has 2 aromatic heterocycles. The fourth-order valence-corrected chi connectivity index (χ4v) is 2.65. The predicted molar refractivity (Wildman–Crippen MR) is 77.8 cm³/mol. The molecule has 0 fully saturated rings. The summed E-state index contributed by atoms with van der Waals surface area (Å²) in [5.74, 6) is 0.675. The maximum Gasteiger partial charge on any atom is 0.315 e. The molecule has 108 valence electrons. The Labute approximate surface area is 121 Å². The zero-order chi connectivity index (χ0) is 14.4. The largest absolute Gasteiger partial charge is 0.467 e. The van der Waals surface area contributed by atoms with Gasteiger partial charge in [0.1, 0.15) is 11.8 Å². The van der Waals surface area contributed by atoms with E-state index >= 15 is 0 Å². The van der Waals surface area contributed by atoms with Gasteiger partial charge in [-0.25, -0.2) is 4.79 Å². The minimum Gasteiger partial charge on any atom is -0.467 e. The third kappa shape index (κ3) is 3.85. The summed E-state index contributed by atoms with van der Waals surface area (Å²) in [4.78, 5) is 13.1. The lowest BCUT2D eigenvalue weighted by molar-refractivity contribution is 0.157. The number of thiophene rings is 1. The van der Waals surface area contributed by atoms with Gasteiger partial charge in [-0.1, -0.05) is 0 Å². The highest BCUT2D eigenvalue weighted by atomic mass is 32.1. The van der Waals surface area contributed by atoms with Crippen molar-refractivity contribution in [1.29, 1.82) is 0 Å². The average molecular weight is 294 g/mol. The van der Waals surface area contributed by atoms with Crippen LogP contribution >= 0.6 is 11.3 Å². The van der Waals surface area contributed by atoms with Crippen LogP contribution in [0, 0.1) is 6.92 Å². The first-order valence-corrected chi connectivity index (χ1v) is 7.18. The van der Waals surface area contributed by atoms with E-state index in [1.165, 1.54) is 5.56 Å². The van der Waals surface area contributed by atoms with Crippen LogP contribution in [0.2, 0.25) is 0 Å². The topological polar surface area (TPSA) is 63.5 Å². The first-order valence-electron chi connectivity index (χ1n) is 6.30. The summed E-state index contributed by atoms with van der Waals surface area (Å²) in [5.41, 5.74) is 1.19. The summed E-state index contributed by atoms with van der Waals surface area (Å²) in [6.45, 7) is 2.91. The number of ether oxygens (including phenoxy) is 1. The molecule has 0 bridgehead atoms. The Bertz CT molecular complexity index is 536. The molecule has 0 radical (unpaired) electrons. The van der Waals surface area contributed by atoms with Crippen LogP contribution < -0.4 is 10.6 Å². The minimum atomic E-state index is -0.292. The van der Waals surface area contributed by atoms with Crippen molar-refractivity contribution in [2.24, 2.45) is 0 Å². The lowest BCUT2D eigenvalue weighted by Crippen LogP contribution is -2.39. The van der Waals surface area contributed by atoms with E-state index in [1.807, 2.05) is 24.4 Å². The third-order valence-corrected chi connectivity index (χ3v) is 3.93. The average Bonchev–Trinajstić information content (AvgIpc) is 3.07. The Morgan fingerprint density at radius 3 is 2.95 bits per heavy atom. The molecule has 0 saturated heterocycles. The lowest BCUT2D eigenvalue weighted by atomic mass is 10.2. The molecule has 0 unspecified atom stereocenters. The second-order valence-corrected chi connectivity index (χ2v) is 5.38. The number of furan rings is 1. The summed E-state index contributed by atoms with van der Waals surface area (Å²) >= 11 is 1.63. The third-order valence-electron chi connectivity index (χ3n) is 2.90. The van der Waals surface area contributed by atoms with Crippen LogP contribution in [0.1, 0.15) is 22.2 Å². The highest BCUT2D eigenvalue weighted by molar-refractivity contribution is 7.10. The van der Waals surface area contributed by atoms with Crippen molar-refractivity contribution in [3.63, 3.8) is 0 Å². The molecular formula is C14H18N2O3S. The van der Waals surface area contributed by atoms with Crippen LogP contribution in [0.5, 0.6) is 0 Å². The van der Waals surface area contributed by atoms with Gasteiger partial charge in [-0.2, -0.15) is 0 Å². The Kier molecular flexibility index (Phi) is 5.20. The van der Waals surface area contributed by atoms with E-state index in [4.69, 9.17) is 9.15 Å². The van der Waals surface area contributed by atoms with Gasteiger partial charge in [0, 0.05) is 12.0 Å². The van der Waals surface area contributed by atoms with Gasteiger partial charge < -0.3 is 19.8 Å². The van der Waals surface area contributed by atoms with Gasteiger partial charge in [-0.15, -0.1) is 11.3 Å². The summed E-state index contributed by atoms with van der Waals surface area (Å²) < 4.78 is 10.4. The van der Waals surface area contributed by atoms with Gasteiger partial charge in [-0.05, 0) is 36.1 Å². The number of carbonyl (C=O) groups excluding carboxylic acids is 1. The molecule has 5 nitrogen and oxygen atoms in total. The molecule has 2 aromatic rings. The van der Waals surface area contributed by atoms with Gasteiger partial charge in [0.15, 0.2) is 0 Å². The number of aryl methyl sites for hydroxylation is 1. The number of hydrogen-bond donors (Lipinski definition) is 2. The molecule has 0 aliphatic rings. The van der Waals surface area contributed by atoms with Crippen molar-refractivity contribution in [2.45, 2.75) is 19.5 Å². The maximum absolute atomic E-state index is 11.9. The van der Waals surface area contributed by atoms with Crippen molar-refractivity contribution in [1.82, 2.24) is 10.6 Å². The second-order valence-electron chi connectivity index (χ2n) is 4.38. The maximum atomic E-state index is 11.9. The summed E-state index contributed by atoms with van der Waals surface area (Å²) in [6, 6.07) is 5.10. The smallest absolute Gasteiger partial charge is 0.315 e. The Morgan fingerprint density at radius 1 is 1.50 bits per heavy atom. The molecule has 0 aromatic carbocycles. The molecule has 0 aliphatic carbocycles. The highest BCUT2D eigenvalue weighted by Crippen LogP contribution is 2.15. The van der Waals surface area contributed by atoms with Gasteiger partial charge in [0.25, 0.3) is 0 Å². The standard InChI is InChI=1S/C14H18N2O3S/c1-10-5-7-20-13(10)8-15-14(17)16-11(9-18-2)12-4-3-6-19-12/h3-7,11H,8-9H2,1-2H3,(H2,15,16,17)/t11-/m1/s1. The van der Waals surface area contributed by atoms with Crippen molar-refractivity contribution in [3.05, 3.63) is 46.0 Å². The predicted octanol–water partition coefficient (Wildman–Crippen LogP) is 2.84. The highest BCUT2D eigenvalue weighted by Gasteiger charge is 2.16. The fraction of sp³-hybridized carbons (Fsp3) is 0.357. The van der Waals surface area contributed by atoms with E-state index < -0.39 is 0 Å². The molecule has 2 rings (SSSR count). The SMILES string of the molecule is COC[C@@H](NC(=O)NCc1sccc1C)c1ccco1. The fourth-order valence-electron chi connectivity index (χ4n) is 1.81. The number of rotatable bonds is 6. The number of nitrogens with one attached hydrogen (secondary N) is 2. The van der Waals surface area contributed by atoms with Crippen molar-refractivity contribution < 1.29 is 13.9 Å². The van der Waals surface area contributed by atoms with Gasteiger partial charge >= 0.3 is 6.03 Å². The van der Waals surface area contributed by atoms with Crippen LogP contribution in [0.4, 0.5) is 4.79 Å². The van der Waals surface area contributed by atoms with Gasteiger partial charge in [-0.3, -0.25) is 0 Å². The van der Waals surface area contributed by atoms with E-state index in [1.54, 1.807) is 30.8 Å². The van der Waals surface area contributed by atoms with Crippen LogP contribution in [-0.4, -0.2) is 19.7 Å². The zero-order valence-electron chi connectivity index (χ0n) is 11.5. The van der Waals surface area contributed by atoms with Crippen LogP contribution in [0.15, 0.2) is 34.3 Å². The quantitative estimate of drug-likeness (QED) is 0.861. The van der Waals surface area contributed by atoms with Gasteiger partial charge in [0.2, 0.25) is 0 Å². The van der Waals surface area contributed by atoms with Crippen LogP contribution in [0.3, 0.4) is 0 Å². The molecule has 6 heteroatoms. The van der Waals surface area contributed by atoms with E-state index in [9.17, 15) is 4.79 Å². The molecule has 0 saturated carbocycles. The first kappa shape index (κ1) is 14.6. The number of hydrogen-bond acceptors (Lipinski definition) is 4. The second kappa shape index (κ2) is 7.12. The van der Waals surface area contributed by atoms with E-state index in [2.05, 4.69) is 10.6 Å². The molecule has 2 heterocycles. The summed E-state index contributed by atoms with van der Waals surface area (Å²) in [7, 11) is 1.59. The Morgan fingerprint density at radius 2 is 2.35 bits per heavy atom. The van der Waals surface area contributed by atoms with E-state index in [0.717, 1.165) is 4.88 Å². The number of carbonyl (C=O) groups is 1. The van der Waals surface area contributed by atoms with Crippen molar-refractivity contribution >= 4 is 17.4 Å². The van der Waals surface area contributed by atoms with Crippen molar-refractivity contribution in [2.75, 3.05) is 13.7 Å². The van der Waals surface area contributed by atoms with Crippen LogP contribution in [0.25, 0.3) is 0 Å². The lowest BCUT2D eigenvalue weighted by Gasteiger charge is -2.16. The molecule has 1 atom stereocenters. The van der Waals surface area contributed by atoms with E-state index in [0.29, 0.717) is 18.9 Å². The molecule has 20 heavy (non-hydrogen) atoms. The van der Waals surface area contributed by atoms with Gasteiger partial charge in [0.05, 0.1) is 19.4 Å². The number of methoxy groups -OCH3 is 1. The minimum absolute atomic E-state index is 0.240.